The molecule has 0 atom stereocenters. The molecule has 0 aliphatic rings. The van der Waals surface area contributed by atoms with E-state index < -0.39 is 0 Å². The maximum absolute atomic E-state index is 12.5. The van der Waals surface area contributed by atoms with Gasteiger partial charge in [0.15, 0.2) is 5.82 Å². The summed E-state index contributed by atoms with van der Waals surface area (Å²) < 4.78 is 1.88. The van der Waals surface area contributed by atoms with Gasteiger partial charge in [-0.15, -0.1) is 0 Å². The number of nitrogens with zero attached hydrogens (tertiary/aromatic N) is 4. The number of rotatable bonds is 13. The van der Waals surface area contributed by atoms with E-state index in [9.17, 15) is 4.79 Å². The van der Waals surface area contributed by atoms with Crippen molar-refractivity contribution in [1.82, 2.24) is 20.1 Å². The predicted molar refractivity (Wildman–Crippen MR) is 151 cm³/mol. The number of aromatic nitrogens is 3. The smallest absolute Gasteiger partial charge is 0.320 e. The Balaban J connectivity index is 2.00. The van der Waals surface area contributed by atoms with Crippen LogP contribution in [0.25, 0.3) is 0 Å². The van der Waals surface area contributed by atoms with Crippen molar-refractivity contribution >= 4 is 23.4 Å². The van der Waals surface area contributed by atoms with E-state index in [1.807, 2.05) is 49.0 Å². The molecule has 2 N–H and O–H groups in total. The Labute approximate surface area is 215 Å². The zero-order valence-electron chi connectivity index (χ0n) is 22.3. The topological polar surface area (TPSA) is 84.2 Å². The normalized spacial score (nSPS) is 12.6. The summed E-state index contributed by atoms with van der Waals surface area (Å²) in [6.45, 7) is 19.6. The number of pyridine rings is 1. The highest BCUT2D eigenvalue weighted by Gasteiger charge is 2.20. The van der Waals surface area contributed by atoms with Gasteiger partial charge in [0.05, 0.1) is 11.9 Å². The Hall–Kier alpha value is -3.74. The number of nitrogens with one attached hydrogen (secondary N) is 2. The maximum Gasteiger partial charge on any atom is 0.320 e. The predicted octanol–water partition coefficient (Wildman–Crippen LogP) is 6.92. The lowest BCUT2D eigenvalue weighted by atomic mass is 9.79. The molecular formula is C29H40N6O. The first kappa shape index (κ1) is 28.5. The van der Waals surface area contributed by atoms with Crippen LogP contribution in [0.15, 0.2) is 78.6 Å². The Morgan fingerprint density at radius 2 is 2.06 bits per heavy atom. The van der Waals surface area contributed by atoms with Crippen molar-refractivity contribution in [3.05, 3.63) is 84.8 Å². The Bertz CT molecular complexity index is 1140. The van der Waals surface area contributed by atoms with Crippen LogP contribution in [0.5, 0.6) is 0 Å². The zero-order valence-corrected chi connectivity index (χ0v) is 22.3. The van der Waals surface area contributed by atoms with Crippen molar-refractivity contribution < 1.29 is 4.79 Å². The SMILES string of the molecule is C=C/C=C(\C=C/C)C(C)(C)CCCNC(=O)Nc1ccc(C)c(N=C(C=C)c2cnn(CCC)c2)n1. The first-order chi connectivity index (χ1) is 17.2. The summed E-state index contributed by atoms with van der Waals surface area (Å²) in [5, 5.41) is 10.1. The second kappa shape index (κ2) is 14.0. The summed E-state index contributed by atoms with van der Waals surface area (Å²) in [6.07, 6.45) is 16.2. The standard InChI is InChI=1S/C29H40N6O/c1-8-13-24(14-9-2)29(6,7)17-12-18-30-28(36)34-26-16-15-22(5)27(33-26)32-25(11-4)23-20-31-35(21-23)19-10-3/h8-9,11,13-16,20-21H,1,4,10,12,17-19H2,2-3,5-7H3,(H2,30,33,34,36)/b14-9-,24-13+,32-25?. The molecule has 2 amide bonds. The van der Waals surface area contributed by atoms with E-state index in [0.717, 1.165) is 36.9 Å². The molecule has 192 valence electrons. The molecule has 0 unspecified atom stereocenters. The summed E-state index contributed by atoms with van der Waals surface area (Å²) in [4.78, 5) is 21.7. The van der Waals surface area contributed by atoms with Crippen LogP contribution in [0.3, 0.4) is 0 Å². The molecule has 7 nitrogen and oxygen atoms in total. The molecule has 0 bridgehead atoms. The molecule has 0 aromatic carbocycles. The van der Waals surface area contributed by atoms with Crippen LogP contribution in [0.1, 0.15) is 58.1 Å². The van der Waals surface area contributed by atoms with Gasteiger partial charge in [0.1, 0.15) is 5.82 Å². The third kappa shape index (κ3) is 8.48. The summed E-state index contributed by atoms with van der Waals surface area (Å²) in [7, 11) is 0. The molecule has 0 aliphatic heterocycles. The highest BCUT2D eigenvalue weighted by molar-refractivity contribution is 6.09. The number of amides is 2. The van der Waals surface area contributed by atoms with Gasteiger partial charge >= 0.3 is 6.03 Å². The van der Waals surface area contributed by atoms with Crippen LogP contribution in [0, 0.1) is 12.3 Å². The lowest BCUT2D eigenvalue weighted by molar-refractivity contribution is 0.251. The van der Waals surface area contributed by atoms with Gasteiger partial charge in [-0.05, 0) is 61.8 Å². The largest absolute Gasteiger partial charge is 0.338 e. The van der Waals surface area contributed by atoms with Crippen LogP contribution in [-0.4, -0.2) is 33.1 Å². The van der Waals surface area contributed by atoms with Gasteiger partial charge in [-0.3, -0.25) is 10.00 Å². The summed E-state index contributed by atoms with van der Waals surface area (Å²) in [5.74, 6) is 0.963. The van der Waals surface area contributed by atoms with Crippen molar-refractivity contribution in [1.29, 1.82) is 0 Å². The second-order valence-corrected chi connectivity index (χ2v) is 9.26. The maximum atomic E-state index is 12.5. The minimum absolute atomic E-state index is 0.0137. The first-order valence-electron chi connectivity index (χ1n) is 12.5. The lowest BCUT2D eigenvalue weighted by Crippen LogP contribution is -2.30. The van der Waals surface area contributed by atoms with E-state index in [2.05, 4.69) is 65.7 Å². The van der Waals surface area contributed by atoms with Gasteiger partial charge in [-0.1, -0.05) is 64.3 Å². The molecule has 0 radical (unpaired) electrons. The zero-order chi connectivity index (χ0) is 26.6. The van der Waals surface area contributed by atoms with E-state index in [1.54, 1.807) is 18.3 Å². The fraction of sp³-hybridized carbons (Fsp3) is 0.379. The van der Waals surface area contributed by atoms with Gasteiger partial charge < -0.3 is 5.32 Å². The summed E-state index contributed by atoms with van der Waals surface area (Å²) in [6, 6.07) is 3.37. The molecule has 0 aliphatic carbocycles. The van der Waals surface area contributed by atoms with Crippen LogP contribution in [0.4, 0.5) is 16.4 Å². The third-order valence-corrected chi connectivity index (χ3v) is 5.80. The molecule has 0 fully saturated rings. The molecule has 2 rings (SSSR count). The average molecular weight is 489 g/mol. The average Bonchev–Trinajstić information content (AvgIpc) is 3.30. The van der Waals surface area contributed by atoms with Crippen molar-refractivity contribution in [2.24, 2.45) is 10.4 Å². The molecule has 0 spiro atoms. The monoisotopic (exact) mass is 488 g/mol. The van der Waals surface area contributed by atoms with Crippen molar-refractivity contribution in [3.8, 4) is 0 Å². The van der Waals surface area contributed by atoms with E-state index in [-0.39, 0.29) is 11.4 Å². The molecule has 0 saturated carbocycles. The van der Waals surface area contributed by atoms with E-state index in [4.69, 9.17) is 0 Å². The number of carbonyl (C=O) groups excluding carboxylic acids is 1. The highest BCUT2D eigenvalue weighted by Crippen LogP contribution is 2.32. The lowest BCUT2D eigenvalue weighted by Gasteiger charge is -2.26. The first-order valence-corrected chi connectivity index (χ1v) is 12.5. The number of carbonyl (C=O) groups is 1. The van der Waals surface area contributed by atoms with Crippen LogP contribution >= 0.6 is 0 Å². The van der Waals surface area contributed by atoms with Crippen LogP contribution in [0.2, 0.25) is 0 Å². The van der Waals surface area contributed by atoms with Gasteiger partial charge in [0.25, 0.3) is 0 Å². The number of urea groups is 1. The van der Waals surface area contributed by atoms with Gasteiger partial charge in [-0.2, -0.15) is 5.10 Å². The summed E-state index contributed by atoms with van der Waals surface area (Å²) in [5.41, 5.74) is 3.66. The fourth-order valence-electron chi connectivity index (χ4n) is 3.74. The molecule has 2 aromatic rings. The Kier molecular flexibility index (Phi) is 11.1. The summed E-state index contributed by atoms with van der Waals surface area (Å²) >= 11 is 0. The highest BCUT2D eigenvalue weighted by atomic mass is 16.2. The van der Waals surface area contributed by atoms with E-state index in [1.165, 1.54) is 5.57 Å². The molecule has 36 heavy (non-hydrogen) atoms. The number of aliphatic imine (C=N–C) groups is 1. The molecule has 2 aromatic heterocycles. The van der Waals surface area contributed by atoms with E-state index >= 15 is 0 Å². The quantitative estimate of drug-likeness (QED) is 0.182. The molecule has 7 heteroatoms. The number of anilines is 1. The fourth-order valence-corrected chi connectivity index (χ4v) is 3.74. The van der Waals surface area contributed by atoms with Gasteiger partial charge in [0.2, 0.25) is 0 Å². The van der Waals surface area contributed by atoms with Crippen molar-refractivity contribution in [2.75, 3.05) is 11.9 Å². The van der Waals surface area contributed by atoms with Crippen LogP contribution in [-0.2, 0) is 6.54 Å². The van der Waals surface area contributed by atoms with E-state index in [0.29, 0.717) is 23.9 Å². The molecule has 0 saturated heterocycles. The third-order valence-electron chi connectivity index (χ3n) is 5.80. The minimum Gasteiger partial charge on any atom is -0.338 e. The number of hydrogen-bond acceptors (Lipinski definition) is 4. The number of allylic oxidation sites excluding steroid dienone is 6. The second-order valence-electron chi connectivity index (χ2n) is 9.26. The van der Waals surface area contributed by atoms with Gasteiger partial charge in [-0.25, -0.2) is 14.8 Å². The Morgan fingerprint density at radius 3 is 2.72 bits per heavy atom. The Morgan fingerprint density at radius 1 is 1.28 bits per heavy atom. The molecule has 2 heterocycles. The van der Waals surface area contributed by atoms with Crippen molar-refractivity contribution in [3.63, 3.8) is 0 Å². The van der Waals surface area contributed by atoms with Gasteiger partial charge in [0, 0.05) is 24.8 Å². The minimum atomic E-state index is -0.292. The molecular weight excluding hydrogens is 448 g/mol. The van der Waals surface area contributed by atoms with Crippen molar-refractivity contribution in [2.45, 2.75) is 60.4 Å². The van der Waals surface area contributed by atoms with Crippen LogP contribution < -0.4 is 10.6 Å². The number of aryl methyl sites for hydroxylation is 2. The number of hydrogen-bond donors (Lipinski definition) is 2.